The van der Waals surface area contributed by atoms with E-state index in [4.69, 9.17) is 9.47 Å². The minimum Gasteiger partial charge on any atom is -0.462 e. The second-order valence-corrected chi connectivity index (χ2v) is 6.50. The van der Waals surface area contributed by atoms with Crippen LogP contribution in [-0.2, 0) is 14.3 Å². The number of rotatable bonds is 7. The van der Waals surface area contributed by atoms with Crippen molar-refractivity contribution in [2.45, 2.75) is 37.8 Å². The minimum absolute atomic E-state index is 0.0906. The van der Waals surface area contributed by atoms with Crippen LogP contribution in [0.1, 0.15) is 41.4 Å². The average Bonchev–Trinajstić information content (AvgIpc) is 3.11. The van der Waals surface area contributed by atoms with E-state index in [1.54, 1.807) is 13.8 Å². The molecule has 1 amide bonds. The highest BCUT2D eigenvalue weighted by atomic mass is 32.2. The Morgan fingerprint density at radius 1 is 1.56 bits per heavy atom. The van der Waals surface area contributed by atoms with Gasteiger partial charge in [0.2, 0.25) is 5.91 Å². The van der Waals surface area contributed by atoms with E-state index in [9.17, 15) is 14.9 Å². The van der Waals surface area contributed by atoms with Crippen molar-refractivity contribution in [1.29, 1.82) is 5.26 Å². The highest BCUT2D eigenvalue weighted by Crippen LogP contribution is 2.23. The third-order valence-electron chi connectivity index (χ3n) is 3.68. The molecule has 0 spiro atoms. The predicted molar refractivity (Wildman–Crippen MR) is 92.4 cm³/mol. The number of esters is 1. The fourth-order valence-corrected chi connectivity index (χ4v) is 3.24. The van der Waals surface area contributed by atoms with Crippen LogP contribution < -0.4 is 5.32 Å². The van der Waals surface area contributed by atoms with E-state index in [1.807, 2.05) is 6.07 Å². The fraction of sp³-hybridized carbons (Fsp3) is 0.529. The normalized spacial score (nSPS) is 16.3. The average molecular weight is 363 g/mol. The molecule has 0 saturated carbocycles. The monoisotopic (exact) mass is 363 g/mol. The van der Waals surface area contributed by atoms with Crippen molar-refractivity contribution < 1.29 is 19.1 Å². The second kappa shape index (κ2) is 9.39. The summed E-state index contributed by atoms with van der Waals surface area (Å²) >= 11 is 1.17. The quantitative estimate of drug-likeness (QED) is 0.582. The van der Waals surface area contributed by atoms with E-state index in [0.29, 0.717) is 17.3 Å². The van der Waals surface area contributed by atoms with Crippen molar-refractivity contribution in [2.75, 3.05) is 25.5 Å². The molecule has 1 aromatic rings. The summed E-state index contributed by atoms with van der Waals surface area (Å²) in [6.07, 6.45) is 2.08. The van der Waals surface area contributed by atoms with Crippen LogP contribution in [0.15, 0.2) is 11.1 Å². The van der Waals surface area contributed by atoms with Gasteiger partial charge in [-0.25, -0.2) is 9.78 Å². The van der Waals surface area contributed by atoms with Crippen LogP contribution in [0.5, 0.6) is 0 Å². The van der Waals surface area contributed by atoms with Crippen LogP contribution in [0.2, 0.25) is 0 Å². The van der Waals surface area contributed by atoms with Gasteiger partial charge in [0.25, 0.3) is 0 Å². The Balaban J connectivity index is 1.96. The molecule has 1 fully saturated rings. The number of pyridine rings is 1. The number of hydrogen-bond acceptors (Lipinski definition) is 7. The second-order valence-electron chi connectivity index (χ2n) is 5.53. The van der Waals surface area contributed by atoms with Gasteiger partial charge < -0.3 is 14.8 Å². The number of nitrogens with zero attached hydrogens (tertiary/aromatic N) is 2. The Morgan fingerprint density at radius 2 is 2.36 bits per heavy atom. The molecular formula is C17H21N3O4S. The molecule has 0 bridgehead atoms. The standard InChI is InChI=1S/C17H21N3O4S/c1-3-23-17(22)14-7-12(8-18)16(20-11(14)2)25-10-15(21)19-9-13-5-4-6-24-13/h7,13H,3-6,9-10H2,1-2H3,(H,19,21)/t13-/m0/s1. The lowest BCUT2D eigenvalue weighted by Gasteiger charge is -2.11. The van der Waals surface area contributed by atoms with Gasteiger partial charge in [-0.1, -0.05) is 11.8 Å². The number of thioether (sulfide) groups is 1. The lowest BCUT2D eigenvalue weighted by Crippen LogP contribution is -2.32. The number of carbonyl (C=O) groups is 2. The maximum Gasteiger partial charge on any atom is 0.340 e. The van der Waals surface area contributed by atoms with E-state index < -0.39 is 5.97 Å². The SMILES string of the molecule is CCOC(=O)c1cc(C#N)c(SCC(=O)NC[C@@H]2CCCO2)nc1C. The number of nitriles is 1. The van der Waals surface area contributed by atoms with Gasteiger partial charge in [0.1, 0.15) is 11.1 Å². The zero-order valence-corrected chi connectivity index (χ0v) is 15.1. The molecule has 1 saturated heterocycles. The molecule has 0 unspecified atom stereocenters. The number of hydrogen-bond donors (Lipinski definition) is 1. The number of nitrogens with one attached hydrogen (secondary N) is 1. The van der Waals surface area contributed by atoms with Gasteiger partial charge in [-0.05, 0) is 32.8 Å². The number of aryl methyl sites for hydroxylation is 1. The maximum atomic E-state index is 11.9. The molecule has 1 aliphatic heterocycles. The summed E-state index contributed by atoms with van der Waals surface area (Å²) in [5, 5.41) is 12.5. The summed E-state index contributed by atoms with van der Waals surface area (Å²) in [7, 11) is 0. The van der Waals surface area contributed by atoms with Gasteiger partial charge in [-0.2, -0.15) is 5.26 Å². The molecule has 2 rings (SSSR count). The zero-order chi connectivity index (χ0) is 18.2. The number of carbonyl (C=O) groups excluding carboxylic acids is 2. The fourth-order valence-electron chi connectivity index (χ4n) is 2.41. The first kappa shape index (κ1) is 19.2. The molecule has 1 atom stereocenters. The van der Waals surface area contributed by atoms with E-state index in [-0.39, 0.29) is 35.5 Å². The van der Waals surface area contributed by atoms with Gasteiger partial charge in [-0.3, -0.25) is 4.79 Å². The van der Waals surface area contributed by atoms with Crippen molar-refractivity contribution in [3.8, 4) is 6.07 Å². The van der Waals surface area contributed by atoms with Gasteiger partial charge in [-0.15, -0.1) is 0 Å². The van der Waals surface area contributed by atoms with Crippen LogP contribution in [0.3, 0.4) is 0 Å². The summed E-state index contributed by atoms with van der Waals surface area (Å²) in [5.74, 6) is -0.500. The van der Waals surface area contributed by atoms with Crippen LogP contribution in [0, 0.1) is 18.3 Å². The Kier molecular flexibility index (Phi) is 7.22. The molecule has 134 valence electrons. The van der Waals surface area contributed by atoms with Crippen LogP contribution in [0.25, 0.3) is 0 Å². The summed E-state index contributed by atoms with van der Waals surface area (Å²) in [4.78, 5) is 28.1. The minimum atomic E-state index is -0.505. The van der Waals surface area contributed by atoms with Crippen LogP contribution in [-0.4, -0.2) is 48.5 Å². The van der Waals surface area contributed by atoms with Crippen molar-refractivity contribution in [2.24, 2.45) is 0 Å². The van der Waals surface area contributed by atoms with Gasteiger partial charge in [0, 0.05) is 13.2 Å². The molecule has 1 N–H and O–H groups in total. The summed E-state index contributed by atoms with van der Waals surface area (Å²) in [6.45, 7) is 4.89. The molecule has 0 aromatic carbocycles. The molecule has 7 nitrogen and oxygen atoms in total. The lowest BCUT2D eigenvalue weighted by atomic mass is 10.1. The van der Waals surface area contributed by atoms with Crippen molar-refractivity contribution in [3.05, 3.63) is 22.9 Å². The smallest absolute Gasteiger partial charge is 0.340 e. The Labute approximate surface area is 151 Å². The Hall–Kier alpha value is -2.11. The highest BCUT2D eigenvalue weighted by Gasteiger charge is 2.18. The number of aromatic nitrogens is 1. The van der Waals surface area contributed by atoms with Crippen LogP contribution in [0.4, 0.5) is 0 Å². The summed E-state index contributed by atoms with van der Waals surface area (Å²) in [5.41, 5.74) is 0.996. The first-order valence-corrected chi connectivity index (χ1v) is 9.13. The highest BCUT2D eigenvalue weighted by molar-refractivity contribution is 8.00. The van der Waals surface area contributed by atoms with Gasteiger partial charge in [0.05, 0.1) is 35.3 Å². The van der Waals surface area contributed by atoms with Crippen LogP contribution >= 0.6 is 11.8 Å². The molecule has 0 aliphatic carbocycles. The maximum absolute atomic E-state index is 11.9. The lowest BCUT2D eigenvalue weighted by molar-refractivity contribution is -0.119. The van der Waals surface area contributed by atoms with E-state index in [0.717, 1.165) is 19.4 Å². The number of ether oxygens (including phenoxy) is 2. The van der Waals surface area contributed by atoms with Gasteiger partial charge >= 0.3 is 5.97 Å². The third-order valence-corrected chi connectivity index (χ3v) is 4.68. The number of amides is 1. The molecule has 1 aromatic heterocycles. The molecule has 0 radical (unpaired) electrons. The largest absolute Gasteiger partial charge is 0.462 e. The van der Waals surface area contributed by atoms with Crippen molar-refractivity contribution in [1.82, 2.24) is 10.3 Å². The van der Waals surface area contributed by atoms with E-state index in [2.05, 4.69) is 10.3 Å². The molecule has 2 heterocycles. The summed E-state index contributed by atoms with van der Waals surface area (Å²) < 4.78 is 10.4. The zero-order valence-electron chi connectivity index (χ0n) is 14.3. The third kappa shape index (κ3) is 5.44. The van der Waals surface area contributed by atoms with Gasteiger partial charge in [0.15, 0.2) is 0 Å². The molecule has 1 aliphatic rings. The van der Waals surface area contributed by atoms with Crippen molar-refractivity contribution >= 4 is 23.6 Å². The van der Waals surface area contributed by atoms with Crippen molar-refractivity contribution in [3.63, 3.8) is 0 Å². The van der Waals surface area contributed by atoms with E-state index in [1.165, 1.54) is 17.8 Å². The first-order valence-electron chi connectivity index (χ1n) is 8.15. The Bertz CT molecular complexity index is 681. The topological polar surface area (TPSA) is 101 Å². The molecule has 8 heteroatoms. The molecular weight excluding hydrogens is 342 g/mol. The predicted octanol–water partition coefficient (Wildman–Crippen LogP) is 1.83. The molecule has 25 heavy (non-hydrogen) atoms. The van der Waals surface area contributed by atoms with E-state index >= 15 is 0 Å². The summed E-state index contributed by atoms with van der Waals surface area (Å²) in [6, 6.07) is 3.48. The first-order chi connectivity index (χ1) is 12.0. The Morgan fingerprint density at radius 3 is 3.00 bits per heavy atom.